The highest BCUT2D eigenvalue weighted by Crippen LogP contribution is 2.23. The van der Waals surface area contributed by atoms with Gasteiger partial charge in [0.05, 0.1) is 0 Å². The van der Waals surface area contributed by atoms with E-state index in [0.29, 0.717) is 5.92 Å². The molecule has 0 aromatic rings. The third-order valence-corrected chi connectivity index (χ3v) is 3.35. The summed E-state index contributed by atoms with van der Waals surface area (Å²) in [5.74, 6) is 7.45. The third-order valence-electron chi connectivity index (χ3n) is 3.35. The van der Waals surface area contributed by atoms with Crippen LogP contribution in [0.3, 0.4) is 0 Å². The van der Waals surface area contributed by atoms with Crippen LogP contribution in [0.2, 0.25) is 0 Å². The van der Waals surface area contributed by atoms with E-state index >= 15 is 0 Å². The molecule has 0 spiro atoms. The number of carbonyl (C=O) groups excluding carboxylic acids is 1. The minimum atomic E-state index is -0.259. The first-order chi connectivity index (χ1) is 8.59. The molecule has 19 heavy (non-hydrogen) atoms. The summed E-state index contributed by atoms with van der Waals surface area (Å²) in [6, 6.07) is 0. The van der Waals surface area contributed by atoms with Crippen molar-refractivity contribution in [3.8, 4) is 11.8 Å². The smallest absolute Gasteiger partial charge is 0.227 e. The Bertz CT molecular complexity index is 365. The highest BCUT2D eigenvalue weighted by atomic mass is 16.2. The number of piperidine rings is 1. The largest absolute Gasteiger partial charge is 0.342 e. The van der Waals surface area contributed by atoms with Crippen molar-refractivity contribution in [3.63, 3.8) is 0 Å². The molecule has 0 bridgehead atoms. The van der Waals surface area contributed by atoms with E-state index in [9.17, 15) is 4.79 Å². The second kappa shape index (κ2) is 5.99. The molecule has 1 saturated heterocycles. The lowest BCUT2D eigenvalue weighted by molar-refractivity contribution is -0.140. The van der Waals surface area contributed by atoms with Crippen LogP contribution in [0.25, 0.3) is 0 Å². The second-order valence-corrected chi connectivity index (χ2v) is 7.88. The van der Waals surface area contributed by atoms with Gasteiger partial charge in [-0.05, 0) is 18.3 Å². The summed E-state index contributed by atoms with van der Waals surface area (Å²) >= 11 is 0. The van der Waals surface area contributed by atoms with E-state index in [2.05, 4.69) is 32.6 Å². The van der Waals surface area contributed by atoms with Crippen molar-refractivity contribution in [2.45, 2.75) is 60.8 Å². The lowest BCUT2D eigenvalue weighted by atomic mass is 9.90. The normalized spacial score (nSPS) is 17.9. The monoisotopic (exact) mass is 263 g/mol. The zero-order valence-electron chi connectivity index (χ0n) is 13.5. The van der Waals surface area contributed by atoms with Crippen LogP contribution in [0.4, 0.5) is 0 Å². The highest BCUT2D eigenvalue weighted by Gasteiger charge is 2.29. The Kier molecular flexibility index (Phi) is 5.07. The van der Waals surface area contributed by atoms with Gasteiger partial charge in [-0.1, -0.05) is 47.5 Å². The van der Waals surface area contributed by atoms with Crippen LogP contribution in [0, 0.1) is 28.6 Å². The standard InChI is InChI=1S/C17H29NO/c1-16(2,3)11-7-8-14-9-12-18(13-10-14)15(19)17(4,5)6/h14H,9-13H2,1-6H3. The van der Waals surface area contributed by atoms with Crippen LogP contribution < -0.4 is 0 Å². The molecule has 0 aromatic carbocycles. The van der Waals surface area contributed by atoms with Crippen molar-refractivity contribution < 1.29 is 4.79 Å². The number of amides is 1. The fourth-order valence-electron chi connectivity index (χ4n) is 2.16. The molecular formula is C17H29NO. The molecule has 1 rings (SSSR count). The third kappa shape index (κ3) is 5.68. The lowest BCUT2D eigenvalue weighted by Gasteiger charge is -2.34. The van der Waals surface area contributed by atoms with Gasteiger partial charge in [0.2, 0.25) is 5.91 Å². The van der Waals surface area contributed by atoms with Gasteiger partial charge in [0.25, 0.3) is 0 Å². The van der Waals surface area contributed by atoms with Gasteiger partial charge in [-0.15, -0.1) is 5.92 Å². The van der Waals surface area contributed by atoms with Crippen LogP contribution in [-0.2, 0) is 4.79 Å². The molecule has 0 atom stereocenters. The first-order valence-corrected chi connectivity index (χ1v) is 7.37. The zero-order chi connectivity index (χ0) is 14.7. The van der Waals surface area contributed by atoms with Gasteiger partial charge in [-0.25, -0.2) is 0 Å². The zero-order valence-corrected chi connectivity index (χ0v) is 13.5. The van der Waals surface area contributed by atoms with Crippen molar-refractivity contribution in [1.82, 2.24) is 4.90 Å². The van der Waals surface area contributed by atoms with E-state index in [1.165, 1.54) is 0 Å². The molecule has 0 aromatic heterocycles. The maximum Gasteiger partial charge on any atom is 0.227 e. The fraction of sp³-hybridized carbons (Fsp3) is 0.824. The van der Waals surface area contributed by atoms with E-state index < -0.39 is 0 Å². The van der Waals surface area contributed by atoms with Gasteiger partial charge in [-0.3, -0.25) is 4.79 Å². The molecule has 1 fully saturated rings. The van der Waals surface area contributed by atoms with E-state index in [1.807, 2.05) is 25.7 Å². The number of hydrogen-bond acceptors (Lipinski definition) is 1. The van der Waals surface area contributed by atoms with E-state index in [1.54, 1.807) is 0 Å². The predicted octanol–water partition coefficient (Wildman–Crippen LogP) is 3.71. The summed E-state index contributed by atoms with van der Waals surface area (Å²) in [7, 11) is 0. The Hall–Kier alpha value is -0.970. The summed E-state index contributed by atoms with van der Waals surface area (Å²) in [5.41, 5.74) is 0.0284. The Morgan fingerprint density at radius 1 is 1.11 bits per heavy atom. The Balaban J connectivity index is 2.44. The molecule has 1 aliphatic rings. The summed E-state index contributed by atoms with van der Waals surface area (Å²) in [5, 5.41) is 0. The number of rotatable bonds is 0. The molecule has 1 aliphatic heterocycles. The first kappa shape index (κ1) is 16.1. The maximum absolute atomic E-state index is 12.2. The molecule has 0 radical (unpaired) electrons. The second-order valence-electron chi connectivity index (χ2n) is 7.88. The molecule has 0 unspecified atom stereocenters. The van der Waals surface area contributed by atoms with Crippen molar-refractivity contribution >= 4 is 5.91 Å². The van der Waals surface area contributed by atoms with Crippen LogP contribution in [0.1, 0.15) is 60.8 Å². The van der Waals surface area contributed by atoms with Gasteiger partial charge < -0.3 is 4.90 Å². The SMILES string of the molecule is CC(C)(C)CC#CC1CCN(C(=O)C(C)(C)C)CC1. The van der Waals surface area contributed by atoms with Gasteiger partial charge in [0, 0.05) is 30.8 Å². The van der Waals surface area contributed by atoms with E-state index in [4.69, 9.17) is 0 Å². The van der Waals surface area contributed by atoms with Crippen LogP contribution in [0.15, 0.2) is 0 Å². The number of nitrogens with zero attached hydrogens (tertiary/aromatic N) is 1. The van der Waals surface area contributed by atoms with Gasteiger partial charge in [-0.2, -0.15) is 0 Å². The molecule has 108 valence electrons. The number of likely N-dealkylation sites (tertiary alicyclic amines) is 1. The molecule has 2 nitrogen and oxygen atoms in total. The summed E-state index contributed by atoms with van der Waals surface area (Å²) in [4.78, 5) is 14.2. The van der Waals surface area contributed by atoms with E-state index in [-0.39, 0.29) is 16.7 Å². The highest BCUT2D eigenvalue weighted by molar-refractivity contribution is 5.81. The van der Waals surface area contributed by atoms with Gasteiger partial charge >= 0.3 is 0 Å². The van der Waals surface area contributed by atoms with E-state index in [0.717, 1.165) is 32.4 Å². The molecule has 1 amide bonds. The Morgan fingerprint density at radius 3 is 2.05 bits per heavy atom. The predicted molar refractivity (Wildman–Crippen MR) is 80.6 cm³/mol. The average molecular weight is 263 g/mol. The topological polar surface area (TPSA) is 20.3 Å². The van der Waals surface area contributed by atoms with Gasteiger partial charge in [0.15, 0.2) is 0 Å². The molecular weight excluding hydrogens is 234 g/mol. The maximum atomic E-state index is 12.2. The molecule has 1 heterocycles. The Morgan fingerprint density at radius 2 is 1.63 bits per heavy atom. The minimum Gasteiger partial charge on any atom is -0.342 e. The number of carbonyl (C=O) groups is 1. The van der Waals surface area contributed by atoms with Crippen LogP contribution >= 0.6 is 0 Å². The van der Waals surface area contributed by atoms with Crippen molar-refractivity contribution in [2.24, 2.45) is 16.7 Å². The fourth-order valence-corrected chi connectivity index (χ4v) is 2.16. The van der Waals surface area contributed by atoms with Crippen molar-refractivity contribution in [1.29, 1.82) is 0 Å². The van der Waals surface area contributed by atoms with Crippen molar-refractivity contribution in [3.05, 3.63) is 0 Å². The minimum absolute atomic E-state index is 0.259. The summed E-state index contributed by atoms with van der Waals surface area (Å²) in [6.07, 6.45) is 3.01. The molecule has 2 heteroatoms. The first-order valence-electron chi connectivity index (χ1n) is 7.37. The molecule has 0 aliphatic carbocycles. The van der Waals surface area contributed by atoms with Crippen LogP contribution in [-0.4, -0.2) is 23.9 Å². The van der Waals surface area contributed by atoms with Crippen molar-refractivity contribution in [2.75, 3.05) is 13.1 Å². The molecule has 0 N–H and O–H groups in total. The Labute approximate surface area is 118 Å². The lowest BCUT2D eigenvalue weighted by Crippen LogP contribution is -2.43. The van der Waals surface area contributed by atoms with Crippen LogP contribution in [0.5, 0.6) is 0 Å². The number of hydrogen-bond donors (Lipinski definition) is 0. The molecule has 0 saturated carbocycles. The average Bonchev–Trinajstić information content (AvgIpc) is 2.26. The van der Waals surface area contributed by atoms with Gasteiger partial charge in [0.1, 0.15) is 0 Å². The summed E-state index contributed by atoms with van der Waals surface area (Å²) < 4.78 is 0. The summed E-state index contributed by atoms with van der Waals surface area (Å²) in [6.45, 7) is 14.3. The quantitative estimate of drug-likeness (QED) is 0.610.